The van der Waals surface area contributed by atoms with Crippen molar-refractivity contribution in [1.82, 2.24) is 9.78 Å². The Kier molecular flexibility index (Phi) is 2.27. The van der Waals surface area contributed by atoms with E-state index < -0.39 is 16.9 Å². The van der Waals surface area contributed by atoms with Gasteiger partial charge in [-0.25, -0.2) is 0 Å². The fourth-order valence-corrected chi connectivity index (χ4v) is 1.24. The summed E-state index contributed by atoms with van der Waals surface area (Å²) in [7, 11) is 1.13. The minimum absolute atomic E-state index is 0.341. The molecule has 0 atom stereocenters. The van der Waals surface area contributed by atoms with E-state index >= 15 is 0 Å². The largest absolute Gasteiger partial charge is 0.434 e. The number of hydrogen-bond acceptors (Lipinski definition) is 1. The molecule has 2 nitrogen and oxygen atoms in total. The summed E-state index contributed by atoms with van der Waals surface area (Å²) in [6, 6.07) is 0. The number of alkyl halides is 3. The van der Waals surface area contributed by atoms with E-state index in [1.165, 1.54) is 0 Å². The first-order valence-electron chi connectivity index (χ1n) is 2.79. The molecule has 1 aromatic rings. The van der Waals surface area contributed by atoms with Crippen LogP contribution in [0.1, 0.15) is 5.69 Å². The highest BCUT2D eigenvalue weighted by Crippen LogP contribution is 2.37. The molecule has 1 aromatic heterocycles. The Balaban J connectivity index is 3.32. The van der Waals surface area contributed by atoms with E-state index in [1.54, 1.807) is 0 Å². The summed E-state index contributed by atoms with van der Waals surface area (Å²) in [4.78, 5) is 0. The van der Waals surface area contributed by atoms with Crippen molar-refractivity contribution in [2.45, 2.75) is 6.18 Å². The van der Waals surface area contributed by atoms with E-state index in [0.29, 0.717) is 4.68 Å². The number of aromatic nitrogens is 2. The van der Waals surface area contributed by atoms with Gasteiger partial charge in [-0.15, -0.1) is 0 Å². The zero-order valence-electron chi connectivity index (χ0n) is 5.78. The van der Waals surface area contributed by atoms with Gasteiger partial charge in [-0.2, -0.15) is 18.3 Å². The molecule has 0 radical (unpaired) electrons. The van der Waals surface area contributed by atoms with Gasteiger partial charge >= 0.3 is 6.18 Å². The lowest BCUT2D eigenvalue weighted by Gasteiger charge is -2.05. The summed E-state index contributed by atoms with van der Waals surface area (Å²) in [5.74, 6) is 0. The number of rotatable bonds is 0. The second kappa shape index (κ2) is 2.81. The van der Waals surface area contributed by atoms with E-state index in [1.807, 2.05) is 0 Å². The molecule has 0 saturated heterocycles. The van der Waals surface area contributed by atoms with Gasteiger partial charge in [-0.05, 0) is 0 Å². The number of halogens is 5. The van der Waals surface area contributed by atoms with Crippen molar-refractivity contribution in [2.24, 2.45) is 7.05 Å². The fourth-order valence-electron chi connectivity index (χ4n) is 0.773. The van der Waals surface area contributed by atoms with Crippen LogP contribution in [0.2, 0.25) is 10.2 Å². The van der Waals surface area contributed by atoms with Crippen LogP contribution < -0.4 is 0 Å². The van der Waals surface area contributed by atoms with E-state index in [4.69, 9.17) is 23.2 Å². The normalized spacial score (nSPS) is 12.2. The predicted octanol–water partition coefficient (Wildman–Crippen LogP) is 2.75. The Morgan fingerprint density at radius 1 is 1.33 bits per heavy atom. The lowest BCUT2D eigenvalue weighted by Crippen LogP contribution is -2.12. The van der Waals surface area contributed by atoms with Gasteiger partial charge in [0.05, 0.1) is 0 Å². The summed E-state index contributed by atoms with van der Waals surface area (Å²) >= 11 is 10.5. The van der Waals surface area contributed by atoms with Crippen molar-refractivity contribution in [3.8, 4) is 0 Å². The Hall–Kier alpha value is -0.420. The summed E-state index contributed by atoms with van der Waals surface area (Å²) in [5, 5.41) is 2.40. The Morgan fingerprint density at radius 2 is 1.83 bits per heavy atom. The third-order valence-corrected chi connectivity index (χ3v) is 1.94. The molecule has 1 rings (SSSR count). The second-order valence-electron chi connectivity index (χ2n) is 2.07. The predicted molar refractivity (Wildman–Crippen MR) is 38.2 cm³/mol. The van der Waals surface area contributed by atoms with Crippen LogP contribution in [0.5, 0.6) is 0 Å². The van der Waals surface area contributed by atoms with Crippen LogP contribution in [0.25, 0.3) is 0 Å². The van der Waals surface area contributed by atoms with E-state index in [0.717, 1.165) is 7.05 Å². The maximum atomic E-state index is 12.1. The van der Waals surface area contributed by atoms with Crippen LogP contribution in [0.3, 0.4) is 0 Å². The lowest BCUT2D eigenvalue weighted by molar-refractivity contribution is -0.143. The number of hydrogen-bond donors (Lipinski definition) is 0. The minimum atomic E-state index is -4.52. The van der Waals surface area contributed by atoms with E-state index in [9.17, 15) is 13.2 Å². The summed E-state index contributed by atoms with van der Waals surface area (Å²) in [6.07, 6.45) is -4.52. The van der Waals surface area contributed by atoms with Gasteiger partial charge in [0, 0.05) is 7.05 Å². The van der Waals surface area contributed by atoms with Crippen LogP contribution in [0.15, 0.2) is 0 Å². The molecule has 0 spiro atoms. The quantitative estimate of drug-likeness (QED) is 0.655. The van der Waals surface area contributed by atoms with Crippen LogP contribution in [-0.4, -0.2) is 9.78 Å². The molecular weight excluding hydrogens is 216 g/mol. The molecule has 0 aliphatic heterocycles. The molecule has 12 heavy (non-hydrogen) atoms. The molecule has 0 aromatic carbocycles. The van der Waals surface area contributed by atoms with Crippen molar-refractivity contribution in [3.63, 3.8) is 0 Å². The van der Waals surface area contributed by atoms with E-state index in [2.05, 4.69) is 5.10 Å². The lowest BCUT2D eigenvalue weighted by atomic mass is 10.4. The summed E-state index contributed by atoms with van der Waals surface area (Å²) < 4.78 is 37.0. The molecule has 0 saturated carbocycles. The first kappa shape index (κ1) is 9.67. The van der Waals surface area contributed by atoms with Crippen LogP contribution in [0, 0.1) is 0 Å². The maximum Gasteiger partial charge on any atom is 0.434 e. The van der Waals surface area contributed by atoms with Crippen molar-refractivity contribution >= 4 is 23.2 Å². The Bertz CT molecular complexity index is 304. The van der Waals surface area contributed by atoms with Crippen molar-refractivity contribution in [2.75, 3.05) is 0 Å². The average molecular weight is 219 g/mol. The van der Waals surface area contributed by atoms with Gasteiger partial charge in [0.25, 0.3) is 0 Å². The highest BCUT2D eigenvalue weighted by Gasteiger charge is 2.38. The zero-order valence-corrected chi connectivity index (χ0v) is 7.30. The highest BCUT2D eigenvalue weighted by molar-refractivity contribution is 6.41. The Morgan fingerprint density at radius 3 is 2.00 bits per heavy atom. The average Bonchev–Trinajstić information content (AvgIpc) is 2.05. The zero-order chi connectivity index (χ0) is 9.52. The molecule has 0 bridgehead atoms. The molecule has 0 aliphatic rings. The first-order valence-corrected chi connectivity index (χ1v) is 3.55. The minimum Gasteiger partial charge on any atom is -0.261 e. The molecule has 0 amide bonds. The van der Waals surface area contributed by atoms with E-state index in [-0.39, 0.29) is 5.15 Å². The van der Waals surface area contributed by atoms with Gasteiger partial charge in [0.2, 0.25) is 0 Å². The molecule has 0 unspecified atom stereocenters. The number of nitrogens with zero attached hydrogens (tertiary/aromatic N) is 2. The maximum absolute atomic E-state index is 12.1. The van der Waals surface area contributed by atoms with Gasteiger partial charge < -0.3 is 0 Å². The van der Waals surface area contributed by atoms with Crippen molar-refractivity contribution in [1.29, 1.82) is 0 Å². The fraction of sp³-hybridized carbons (Fsp3) is 0.400. The molecule has 0 N–H and O–H groups in total. The standard InChI is InChI=1S/C5H3Cl2F3N2/c1-12-3(5(8,9)10)2(6)4(7)11-12/h1H3. The number of aryl methyl sites for hydroxylation is 1. The topological polar surface area (TPSA) is 17.8 Å². The van der Waals surface area contributed by atoms with Crippen molar-refractivity contribution < 1.29 is 13.2 Å². The molecule has 0 fully saturated rings. The van der Waals surface area contributed by atoms with Crippen molar-refractivity contribution in [3.05, 3.63) is 15.9 Å². The van der Waals surface area contributed by atoms with Crippen LogP contribution in [-0.2, 0) is 13.2 Å². The summed E-state index contributed by atoms with van der Waals surface area (Å²) in [6.45, 7) is 0. The monoisotopic (exact) mass is 218 g/mol. The molecule has 1 heterocycles. The third kappa shape index (κ3) is 1.51. The molecular formula is C5H3Cl2F3N2. The first-order chi connectivity index (χ1) is 5.34. The highest BCUT2D eigenvalue weighted by atomic mass is 35.5. The second-order valence-corrected chi connectivity index (χ2v) is 2.81. The molecule has 68 valence electrons. The smallest absolute Gasteiger partial charge is 0.261 e. The third-order valence-electron chi connectivity index (χ3n) is 1.22. The van der Waals surface area contributed by atoms with Crippen LogP contribution >= 0.6 is 23.2 Å². The van der Waals surface area contributed by atoms with Gasteiger partial charge in [-0.1, -0.05) is 23.2 Å². The SMILES string of the molecule is Cn1nc(Cl)c(Cl)c1C(F)(F)F. The Labute approximate surface area is 75.9 Å². The van der Waals surface area contributed by atoms with Gasteiger partial charge in [-0.3, -0.25) is 4.68 Å². The van der Waals surface area contributed by atoms with Gasteiger partial charge in [0.1, 0.15) is 5.02 Å². The molecule has 0 aliphatic carbocycles. The van der Waals surface area contributed by atoms with Gasteiger partial charge in [0.15, 0.2) is 10.8 Å². The van der Waals surface area contributed by atoms with Crippen LogP contribution in [0.4, 0.5) is 13.2 Å². The summed E-state index contributed by atoms with van der Waals surface area (Å²) in [5.41, 5.74) is -1.03. The molecule has 7 heteroatoms.